The van der Waals surface area contributed by atoms with Gasteiger partial charge in [0.05, 0.1) is 31.0 Å². The zero-order valence-electron chi connectivity index (χ0n) is 16.1. The van der Waals surface area contributed by atoms with Crippen LogP contribution in [0.25, 0.3) is 0 Å². The highest BCUT2D eigenvalue weighted by atomic mass is 28.4. The van der Waals surface area contributed by atoms with E-state index in [4.69, 9.17) is 22.6 Å². The third-order valence-electron chi connectivity index (χ3n) is 5.89. The van der Waals surface area contributed by atoms with Gasteiger partial charge in [-0.3, -0.25) is 4.90 Å². The van der Waals surface area contributed by atoms with Crippen molar-refractivity contribution < 1.29 is 22.6 Å². The summed E-state index contributed by atoms with van der Waals surface area (Å²) in [5.74, 6) is 0. The molecule has 0 unspecified atom stereocenters. The smallest absolute Gasteiger partial charge is 0.399 e. The van der Waals surface area contributed by atoms with Gasteiger partial charge in [-0.15, -0.1) is 0 Å². The number of nitrogens with zero attached hydrogens (tertiary/aromatic N) is 1. The average Bonchev–Trinajstić information content (AvgIpc) is 2.74. The normalized spacial score (nSPS) is 33.5. The summed E-state index contributed by atoms with van der Waals surface area (Å²) in [7, 11) is -3.19. The fourth-order valence-corrected chi connectivity index (χ4v) is 5.87. The Morgan fingerprint density at radius 1 is 0.808 bits per heavy atom. The van der Waals surface area contributed by atoms with E-state index in [1.807, 2.05) is 24.3 Å². The predicted molar refractivity (Wildman–Crippen MR) is 102 cm³/mol. The van der Waals surface area contributed by atoms with Gasteiger partial charge in [-0.1, -0.05) is 24.3 Å². The number of hydrogen-bond donors (Lipinski definition) is 0. The Labute approximate surface area is 157 Å². The lowest BCUT2D eigenvalue weighted by Gasteiger charge is -2.38. The third-order valence-corrected chi connectivity index (χ3v) is 8.68. The summed E-state index contributed by atoms with van der Waals surface area (Å²) < 4.78 is 30.7. The lowest BCUT2D eigenvalue weighted by atomic mass is 9.79. The molecule has 6 nitrogen and oxygen atoms in total. The van der Waals surface area contributed by atoms with Crippen molar-refractivity contribution in [2.45, 2.75) is 38.9 Å². The molecule has 0 aromatic heterocycles. The molecular formula is C18H28BNO5Si. The first kappa shape index (κ1) is 18.6. The zero-order valence-corrected chi connectivity index (χ0v) is 17.1. The maximum atomic E-state index is 6.15. The van der Waals surface area contributed by atoms with Crippen LogP contribution in [0.3, 0.4) is 0 Å². The molecule has 5 rings (SSSR count). The summed E-state index contributed by atoms with van der Waals surface area (Å²) in [4.78, 5) is 2.32. The topological polar surface area (TPSA) is 49.4 Å². The van der Waals surface area contributed by atoms with Gasteiger partial charge >= 0.3 is 15.9 Å². The Balaban J connectivity index is 1.56. The first-order valence-corrected chi connectivity index (χ1v) is 11.1. The molecule has 0 amide bonds. The monoisotopic (exact) mass is 377 g/mol. The summed E-state index contributed by atoms with van der Waals surface area (Å²) in [6, 6.07) is 8.18. The SMILES string of the molecule is CC1(C)OB(c2ccc([Si]34OCCN(CCO3)CCO4)cc2)OC1(C)C. The second-order valence-electron chi connectivity index (χ2n) is 8.15. The van der Waals surface area contributed by atoms with Crippen molar-refractivity contribution in [1.82, 2.24) is 4.90 Å². The van der Waals surface area contributed by atoms with E-state index in [0.29, 0.717) is 19.8 Å². The van der Waals surface area contributed by atoms with Crippen LogP contribution in [0.1, 0.15) is 27.7 Å². The van der Waals surface area contributed by atoms with Crippen molar-refractivity contribution in [2.75, 3.05) is 39.5 Å². The molecule has 0 radical (unpaired) electrons. The van der Waals surface area contributed by atoms with Gasteiger partial charge in [0, 0.05) is 24.8 Å². The van der Waals surface area contributed by atoms with Crippen LogP contribution in [-0.2, 0) is 22.6 Å². The Morgan fingerprint density at radius 3 is 1.73 bits per heavy atom. The Hall–Kier alpha value is -0.738. The second-order valence-corrected chi connectivity index (χ2v) is 10.7. The number of benzene rings is 1. The number of rotatable bonds is 2. The van der Waals surface area contributed by atoms with E-state index >= 15 is 0 Å². The van der Waals surface area contributed by atoms with Crippen molar-refractivity contribution in [1.29, 1.82) is 0 Å². The van der Waals surface area contributed by atoms with E-state index in [0.717, 1.165) is 30.3 Å². The molecule has 2 bridgehead atoms. The van der Waals surface area contributed by atoms with E-state index in [2.05, 4.69) is 32.6 Å². The summed E-state index contributed by atoms with van der Waals surface area (Å²) in [6.45, 7) is 13.0. The maximum Gasteiger partial charge on any atom is 0.537 e. The molecule has 26 heavy (non-hydrogen) atoms. The van der Waals surface area contributed by atoms with Crippen LogP contribution in [0.4, 0.5) is 0 Å². The third kappa shape index (κ3) is 3.28. The summed E-state index contributed by atoms with van der Waals surface area (Å²) in [5, 5.41) is 1.01. The molecule has 4 fully saturated rings. The lowest BCUT2D eigenvalue weighted by Crippen LogP contribution is -2.62. The quantitative estimate of drug-likeness (QED) is 0.701. The van der Waals surface area contributed by atoms with Crippen LogP contribution in [0.2, 0.25) is 0 Å². The van der Waals surface area contributed by atoms with Gasteiger partial charge in [-0.25, -0.2) is 0 Å². The Bertz CT molecular complexity index is 611. The first-order valence-electron chi connectivity index (χ1n) is 9.42. The van der Waals surface area contributed by atoms with Gasteiger partial charge in [0.25, 0.3) is 0 Å². The van der Waals surface area contributed by atoms with Crippen molar-refractivity contribution in [3.8, 4) is 0 Å². The lowest BCUT2D eigenvalue weighted by molar-refractivity contribution is 0.00141. The van der Waals surface area contributed by atoms with Crippen molar-refractivity contribution >= 4 is 26.6 Å². The summed E-state index contributed by atoms with van der Waals surface area (Å²) in [5.41, 5.74) is 0.314. The molecule has 8 heteroatoms. The molecule has 4 heterocycles. The van der Waals surface area contributed by atoms with Crippen molar-refractivity contribution in [2.24, 2.45) is 0 Å². The molecule has 0 saturated carbocycles. The van der Waals surface area contributed by atoms with Crippen molar-refractivity contribution in [3.05, 3.63) is 24.3 Å². The van der Waals surface area contributed by atoms with E-state index in [1.54, 1.807) is 0 Å². The predicted octanol–water partition coefficient (Wildman–Crippen LogP) is 0.511. The van der Waals surface area contributed by atoms with Crippen molar-refractivity contribution in [3.63, 3.8) is 0 Å². The van der Waals surface area contributed by atoms with Gasteiger partial charge < -0.3 is 22.6 Å². The van der Waals surface area contributed by atoms with Crippen LogP contribution in [0.5, 0.6) is 0 Å². The van der Waals surface area contributed by atoms with Gasteiger partial charge in [0.15, 0.2) is 0 Å². The zero-order chi connectivity index (χ0) is 18.4. The van der Waals surface area contributed by atoms with Gasteiger partial charge in [-0.2, -0.15) is 0 Å². The second kappa shape index (κ2) is 6.70. The maximum absolute atomic E-state index is 6.15. The highest BCUT2D eigenvalue weighted by molar-refractivity contribution is 6.75. The minimum absolute atomic E-state index is 0.343. The molecule has 4 saturated heterocycles. The standard InChI is InChI=1S/C18H28BNO5Si/c1-17(2)18(3,4)25-19(24-17)15-5-7-16(8-6-15)26-21-12-9-20(10-13-22-26)11-14-23-26/h5-8H,9-14H2,1-4H3. The number of hydrogen-bond acceptors (Lipinski definition) is 6. The van der Waals surface area contributed by atoms with E-state index in [1.165, 1.54) is 0 Å². The van der Waals surface area contributed by atoms with Gasteiger partial charge in [0.2, 0.25) is 0 Å². The molecule has 0 aliphatic carbocycles. The van der Waals surface area contributed by atoms with E-state index in [9.17, 15) is 0 Å². The van der Waals surface area contributed by atoms with Crippen LogP contribution in [0.15, 0.2) is 24.3 Å². The summed E-state index contributed by atoms with van der Waals surface area (Å²) in [6.07, 6.45) is 0. The highest BCUT2D eigenvalue weighted by Gasteiger charge is 2.52. The minimum Gasteiger partial charge on any atom is -0.399 e. The fraction of sp³-hybridized carbons (Fsp3) is 0.667. The van der Waals surface area contributed by atoms with Crippen LogP contribution in [-0.4, -0.2) is 71.5 Å². The molecule has 4 aliphatic rings. The summed E-state index contributed by atoms with van der Waals surface area (Å²) >= 11 is 0. The molecular weight excluding hydrogens is 349 g/mol. The largest absolute Gasteiger partial charge is 0.537 e. The molecule has 0 atom stereocenters. The van der Waals surface area contributed by atoms with Gasteiger partial charge in [-0.05, 0) is 33.2 Å². The minimum atomic E-state index is -2.83. The highest BCUT2D eigenvalue weighted by Crippen LogP contribution is 2.36. The molecule has 1 aromatic carbocycles. The van der Waals surface area contributed by atoms with E-state index in [-0.39, 0.29) is 18.3 Å². The fourth-order valence-electron chi connectivity index (χ4n) is 3.46. The van der Waals surface area contributed by atoms with Crippen LogP contribution >= 0.6 is 0 Å². The first-order chi connectivity index (χ1) is 12.3. The molecule has 0 N–H and O–H groups in total. The molecule has 142 valence electrons. The van der Waals surface area contributed by atoms with E-state index < -0.39 is 8.80 Å². The molecule has 1 aromatic rings. The Kier molecular flexibility index (Phi) is 4.80. The molecule has 0 spiro atoms. The molecule has 4 aliphatic heterocycles. The number of fused-ring (bicyclic) bond motifs is 6. The Morgan fingerprint density at radius 2 is 1.27 bits per heavy atom. The van der Waals surface area contributed by atoms with Crippen LogP contribution in [0, 0.1) is 0 Å². The van der Waals surface area contributed by atoms with Crippen LogP contribution < -0.4 is 10.6 Å². The average molecular weight is 377 g/mol. The van der Waals surface area contributed by atoms with Gasteiger partial charge in [0.1, 0.15) is 0 Å².